The first kappa shape index (κ1) is 14.4. The molecule has 5 heteroatoms. The number of halogens is 2. The number of phenolic OH excluding ortho intramolecular Hbond substituents is 1. The van der Waals surface area contributed by atoms with Gasteiger partial charge in [-0.25, -0.2) is 13.8 Å². The molecule has 0 aliphatic rings. The summed E-state index contributed by atoms with van der Waals surface area (Å²) in [7, 11) is 0. The highest BCUT2D eigenvalue weighted by Crippen LogP contribution is 2.32. The maximum absolute atomic E-state index is 13.5. The SMILES string of the molecule is Oc1cccc(-c2cnc3[nH]cc(-c4ccc(F)c(F)c4)c3c2)c1. The fourth-order valence-corrected chi connectivity index (χ4v) is 2.75. The Hall–Kier alpha value is -3.21. The number of H-pyrrole nitrogens is 1. The van der Waals surface area contributed by atoms with Gasteiger partial charge in [0.2, 0.25) is 0 Å². The van der Waals surface area contributed by atoms with Crippen LogP contribution in [0, 0.1) is 11.6 Å². The Morgan fingerprint density at radius 2 is 1.75 bits per heavy atom. The van der Waals surface area contributed by atoms with Crippen molar-refractivity contribution in [2.75, 3.05) is 0 Å². The lowest BCUT2D eigenvalue weighted by atomic mass is 10.0. The third-order valence-corrected chi connectivity index (χ3v) is 3.94. The van der Waals surface area contributed by atoms with Crippen molar-refractivity contribution in [3.63, 3.8) is 0 Å². The summed E-state index contributed by atoms with van der Waals surface area (Å²) >= 11 is 0. The number of aromatic nitrogens is 2. The number of nitrogens with one attached hydrogen (secondary N) is 1. The molecule has 4 aromatic rings. The smallest absolute Gasteiger partial charge is 0.159 e. The zero-order valence-electron chi connectivity index (χ0n) is 12.4. The first-order valence-corrected chi connectivity index (χ1v) is 7.34. The molecule has 0 saturated carbocycles. The number of fused-ring (bicyclic) bond motifs is 1. The molecule has 0 radical (unpaired) electrons. The lowest BCUT2D eigenvalue weighted by Gasteiger charge is -2.04. The Balaban J connectivity index is 1.88. The van der Waals surface area contributed by atoms with Crippen LogP contribution < -0.4 is 0 Å². The fraction of sp³-hybridized carbons (Fsp3) is 0. The molecule has 0 aliphatic carbocycles. The van der Waals surface area contributed by atoms with Gasteiger partial charge in [0.15, 0.2) is 11.6 Å². The molecule has 2 aromatic heterocycles. The number of pyridine rings is 1. The molecule has 4 rings (SSSR count). The highest BCUT2D eigenvalue weighted by molar-refractivity contribution is 5.95. The second-order valence-electron chi connectivity index (χ2n) is 5.50. The number of aromatic hydroxyl groups is 1. The third kappa shape index (κ3) is 2.40. The molecule has 2 aromatic carbocycles. The van der Waals surface area contributed by atoms with Crippen LogP contribution in [0.2, 0.25) is 0 Å². The first-order valence-electron chi connectivity index (χ1n) is 7.34. The highest BCUT2D eigenvalue weighted by atomic mass is 19.2. The van der Waals surface area contributed by atoms with Crippen molar-refractivity contribution in [1.29, 1.82) is 0 Å². The summed E-state index contributed by atoms with van der Waals surface area (Å²) in [5.74, 6) is -1.60. The lowest BCUT2D eigenvalue weighted by Crippen LogP contribution is -1.85. The van der Waals surface area contributed by atoms with Crippen LogP contribution in [-0.4, -0.2) is 15.1 Å². The Kier molecular flexibility index (Phi) is 3.27. The van der Waals surface area contributed by atoms with Crippen molar-refractivity contribution in [2.24, 2.45) is 0 Å². The van der Waals surface area contributed by atoms with E-state index in [-0.39, 0.29) is 5.75 Å². The predicted molar refractivity (Wildman–Crippen MR) is 88.5 cm³/mol. The average Bonchev–Trinajstić information content (AvgIpc) is 3.00. The topological polar surface area (TPSA) is 48.9 Å². The van der Waals surface area contributed by atoms with Crippen molar-refractivity contribution >= 4 is 11.0 Å². The van der Waals surface area contributed by atoms with Gasteiger partial charge < -0.3 is 10.1 Å². The van der Waals surface area contributed by atoms with Crippen LogP contribution in [0.15, 0.2) is 60.9 Å². The molecular weight excluding hydrogens is 310 g/mol. The summed E-state index contributed by atoms with van der Waals surface area (Å²) in [5.41, 5.74) is 3.59. The Labute approximate surface area is 136 Å². The minimum Gasteiger partial charge on any atom is -0.508 e. The summed E-state index contributed by atoms with van der Waals surface area (Å²) in [6.45, 7) is 0. The van der Waals surface area contributed by atoms with E-state index in [2.05, 4.69) is 9.97 Å². The number of phenols is 1. The number of benzene rings is 2. The number of aromatic amines is 1. The molecule has 24 heavy (non-hydrogen) atoms. The first-order chi connectivity index (χ1) is 11.6. The molecule has 0 aliphatic heterocycles. The van der Waals surface area contributed by atoms with E-state index in [0.29, 0.717) is 11.2 Å². The molecule has 0 bridgehead atoms. The largest absolute Gasteiger partial charge is 0.508 e. The van der Waals surface area contributed by atoms with Gasteiger partial charge in [-0.05, 0) is 41.5 Å². The van der Waals surface area contributed by atoms with E-state index in [0.717, 1.165) is 28.1 Å². The molecule has 0 spiro atoms. The van der Waals surface area contributed by atoms with Crippen LogP contribution in [0.5, 0.6) is 5.75 Å². The monoisotopic (exact) mass is 322 g/mol. The molecule has 0 saturated heterocycles. The number of nitrogens with zero attached hydrogens (tertiary/aromatic N) is 1. The van der Waals surface area contributed by atoms with Gasteiger partial charge in [-0.3, -0.25) is 0 Å². The van der Waals surface area contributed by atoms with Gasteiger partial charge in [0.05, 0.1) is 0 Å². The van der Waals surface area contributed by atoms with Gasteiger partial charge in [-0.15, -0.1) is 0 Å². The van der Waals surface area contributed by atoms with Crippen molar-refractivity contribution < 1.29 is 13.9 Å². The maximum Gasteiger partial charge on any atom is 0.159 e. The molecule has 0 amide bonds. The molecule has 118 valence electrons. The predicted octanol–water partition coefficient (Wildman–Crippen LogP) is 4.88. The quantitative estimate of drug-likeness (QED) is 0.552. The second-order valence-corrected chi connectivity index (χ2v) is 5.50. The molecule has 0 fully saturated rings. The minimum atomic E-state index is -0.890. The van der Waals surface area contributed by atoms with Crippen LogP contribution in [0.3, 0.4) is 0 Å². The average molecular weight is 322 g/mol. The van der Waals surface area contributed by atoms with Crippen LogP contribution in [0.4, 0.5) is 8.78 Å². The van der Waals surface area contributed by atoms with E-state index in [9.17, 15) is 13.9 Å². The summed E-state index contributed by atoms with van der Waals surface area (Å²) in [6.07, 6.45) is 3.42. The minimum absolute atomic E-state index is 0.169. The summed E-state index contributed by atoms with van der Waals surface area (Å²) in [5, 5.41) is 10.4. The molecule has 0 unspecified atom stereocenters. The second kappa shape index (κ2) is 5.45. The van der Waals surface area contributed by atoms with Gasteiger partial charge in [-0.2, -0.15) is 0 Å². The molecular formula is C19H12F2N2O. The van der Waals surface area contributed by atoms with Gasteiger partial charge >= 0.3 is 0 Å². The number of hydrogen-bond acceptors (Lipinski definition) is 2. The number of rotatable bonds is 2. The zero-order valence-corrected chi connectivity index (χ0v) is 12.4. The normalized spacial score (nSPS) is 11.1. The van der Waals surface area contributed by atoms with Crippen LogP contribution in [-0.2, 0) is 0 Å². The van der Waals surface area contributed by atoms with Crippen LogP contribution in [0.25, 0.3) is 33.3 Å². The molecule has 2 N–H and O–H groups in total. The van der Waals surface area contributed by atoms with Gasteiger partial charge in [0.1, 0.15) is 11.4 Å². The number of hydrogen-bond donors (Lipinski definition) is 2. The van der Waals surface area contributed by atoms with E-state index in [1.807, 2.05) is 12.1 Å². The van der Waals surface area contributed by atoms with E-state index in [1.165, 1.54) is 12.1 Å². The van der Waals surface area contributed by atoms with Crippen LogP contribution >= 0.6 is 0 Å². The molecule has 3 nitrogen and oxygen atoms in total. The summed E-state index contributed by atoms with van der Waals surface area (Å²) in [6, 6.07) is 12.6. The lowest BCUT2D eigenvalue weighted by molar-refractivity contribution is 0.475. The zero-order chi connectivity index (χ0) is 16.7. The third-order valence-electron chi connectivity index (χ3n) is 3.94. The van der Waals surface area contributed by atoms with Gasteiger partial charge in [0.25, 0.3) is 0 Å². The Bertz CT molecular complexity index is 1060. The fourth-order valence-electron chi connectivity index (χ4n) is 2.75. The van der Waals surface area contributed by atoms with Crippen molar-refractivity contribution in [3.8, 4) is 28.0 Å². The molecule has 0 atom stereocenters. The van der Waals surface area contributed by atoms with Gasteiger partial charge in [0, 0.05) is 28.9 Å². The molecule has 2 heterocycles. The van der Waals surface area contributed by atoms with Crippen molar-refractivity contribution in [1.82, 2.24) is 9.97 Å². The summed E-state index contributed by atoms with van der Waals surface area (Å²) in [4.78, 5) is 7.40. The van der Waals surface area contributed by atoms with Crippen molar-refractivity contribution in [3.05, 3.63) is 72.6 Å². The van der Waals surface area contributed by atoms with Gasteiger partial charge in [-0.1, -0.05) is 18.2 Å². The Morgan fingerprint density at radius 3 is 2.54 bits per heavy atom. The summed E-state index contributed by atoms with van der Waals surface area (Å²) < 4.78 is 26.7. The van der Waals surface area contributed by atoms with Crippen LogP contribution in [0.1, 0.15) is 0 Å². The van der Waals surface area contributed by atoms with E-state index in [4.69, 9.17) is 0 Å². The van der Waals surface area contributed by atoms with Crippen molar-refractivity contribution in [2.45, 2.75) is 0 Å². The van der Waals surface area contributed by atoms with E-state index < -0.39 is 11.6 Å². The Morgan fingerprint density at radius 1 is 0.875 bits per heavy atom. The van der Waals surface area contributed by atoms with E-state index in [1.54, 1.807) is 30.6 Å². The highest BCUT2D eigenvalue weighted by Gasteiger charge is 2.11. The standard InChI is InChI=1S/C19H12F2N2O/c20-17-5-4-12(8-18(17)21)16-10-23-19-15(16)7-13(9-22-19)11-2-1-3-14(24)6-11/h1-10,24H,(H,22,23). The van der Waals surface area contributed by atoms with E-state index >= 15 is 0 Å². The maximum atomic E-state index is 13.5.